The van der Waals surface area contributed by atoms with Crippen LogP contribution in [0.5, 0.6) is 0 Å². The van der Waals surface area contributed by atoms with Crippen molar-refractivity contribution < 1.29 is 9.53 Å². The first kappa shape index (κ1) is 17.1. The van der Waals surface area contributed by atoms with Crippen molar-refractivity contribution in [3.63, 3.8) is 0 Å². The highest BCUT2D eigenvalue weighted by molar-refractivity contribution is 5.74. The summed E-state index contributed by atoms with van der Waals surface area (Å²) >= 11 is 0. The van der Waals surface area contributed by atoms with Gasteiger partial charge in [-0.2, -0.15) is 5.10 Å². The van der Waals surface area contributed by atoms with Crippen molar-refractivity contribution in [1.82, 2.24) is 20.0 Å². The van der Waals surface area contributed by atoms with E-state index in [1.807, 2.05) is 58.4 Å². The average Bonchev–Trinajstić information content (AvgIpc) is 3.35. The Morgan fingerprint density at radius 1 is 1.19 bits per heavy atom. The van der Waals surface area contributed by atoms with Gasteiger partial charge >= 0.3 is 6.03 Å². The quantitative estimate of drug-likeness (QED) is 0.918. The zero-order chi connectivity index (χ0) is 17.9. The first-order valence-electron chi connectivity index (χ1n) is 9.33. The highest BCUT2D eigenvalue weighted by Crippen LogP contribution is 2.42. The Bertz CT molecular complexity index is 719. The molecule has 26 heavy (non-hydrogen) atoms. The third-order valence-corrected chi connectivity index (χ3v) is 5.83. The van der Waals surface area contributed by atoms with Crippen molar-refractivity contribution in [2.75, 3.05) is 20.2 Å². The second-order valence-corrected chi connectivity index (χ2v) is 7.37. The minimum atomic E-state index is 0.0351. The third kappa shape index (κ3) is 3.46. The Morgan fingerprint density at radius 2 is 1.96 bits per heavy atom. The molecule has 2 aromatic rings. The molecule has 1 aromatic heterocycles. The van der Waals surface area contributed by atoms with E-state index >= 15 is 0 Å². The summed E-state index contributed by atoms with van der Waals surface area (Å²) in [5.41, 5.74) is 1.12. The Hall–Kier alpha value is -2.34. The summed E-state index contributed by atoms with van der Waals surface area (Å²) in [7, 11) is 1.78. The van der Waals surface area contributed by atoms with E-state index in [4.69, 9.17) is 4.74 Å². The Balaban J connectivity index is 1.37. The fourth-order valence-corrected chi connectivity index (χ4v) is 4.45. The molecule has 0 bridgehead atoms. The van der Waals surface area contributed by atoms with Crippen LogP contribution in [0.2, 0.25) is 0 Å². The highest BCUT2D eigenvalue weighted by atomic mass is 16.5. The first-order chi connectivity index (χ1) is 12.7. The normalized spacial score (nSPS) is 28.0. The van der Waals surface area contributed by atoms with E-state index in [9.17, 15) is 4.79 Å². The lowest BCUT2D eigenvalue weighted by Crippen LogP contribution is -2.38. The molecule has 1 aromatic carbocycles. The summed E-state index contributed by atoms with van der Waals surface area (Å²) in [6, 6.07) is 12.3. The van der Waals surface area contributed by atoms with Crippen LogP contribution >= 0.6 is 0 Å². The Kier molecular flexibility index (Phi) is 4.93. The second kappa shape index (κ2) is 7.50. The molecule has 1 saturated heterocycles. The number of carbonyl (C=O) groups excluding carboxylic acids is 1. The summed E-state index contributed by atoms with van der Waals surface area (Å²) < 4.78 is 7.77. The van der Waals surface area contributed by atoms with Gasteiger partial charge in [-0.1, -0.05) is 30.3 Å². The SMILES string of the molecule is CO[C@H]1C[C@@H]2CN(C(=O)NCc3ccccc3)C[C@@H]2C[C@@H]1n1cccn1. The molecule has 6 heteroatoms. The molecule has 2 amide bonds. The topological polar surface area (TPSA) is 59.4 Å². The van der Waals surface area contributed by atoms with Crippen molar-refractivity contribution in [2.24, 2.45) is 11.8 Å². The number of rotatable bonds is 4. The van der Waals surface area contributed by atoms with E-state index in [1.54, 1.807) is 7.11 Å². The number of fused-ring (bicyclic) bond motifs is 1. The van der Waals surface area contributed by atoms with Gasteiger partial charge in [-0.05, 0) is 36.3 Å². The summed E-state index contributed by atoms with van der Waals surface area (Å²) in [5, 5.41) is 7.47. The van der Waals surface area contributed by atoms with Crippen molar-refractivity contribution in [3.05, 3.63) is 54.4 Å². The maximum Gasteiger partial charge on any atom is 0.317 e. The first-order valence-corrected chi connectivity index (χ1v) is 9.33. The predicted molar refractivity (Wildman–Crippen MR) is 98.5 cm³/mol. The van der Waals surface area contributed by atoms with Gasteiger partial charge in [0, 0.05) is 39.1 Å². The van der Waals surface area contributed by atoms with Gasteiger partial charge in [-0.25, -0.2) is 4.79 Å². The molecule has 4 rings (SSSR count). The number of amides is 2. The Labute approximate surface area is 154 Å². The molecule has 0 radical (unpaired) electrons. The Morgan fingerprint density at radius 3 is 2.65 bits per heavy atom. The van der Waals surface area contributed by atoms with Crippen molar-refractivity contribution in [2.45, 2.75) is 31.5 Å². The van der Waals surface area contributed by atoms with Gasteiger partial charge in [0.2, 0.25) is 0 Å². The summed E-state index contributed by atoms with van der Waals surface area (Å²) in [6.07, 6.45) is 5.97. The van der Waals surface area contributed by atoms with Crippen LogP contribution in [-0.2, 0) is 11.3 Å². The number of hydrogen-bond donors (Lipinski definition) is 1. The highest BCUT2D eigenvalue weighted by Gasteiger charge is 2.44. The maximum absolute atomic E-state index is 12.6. The molecule has 0 spiro atoms. The van der Waals surface area contributed by atoms with E-state index in [2.05, 4.69) is 10.4 Å². The third-order valence-electron chi connectivity index (χ3n) is 5.83. The van der Waals surface area contributed by atoms with Crippen LogP contribution in [0.1, 0.15) is 24.4 Å². The molecule has 1 aliphatic carbocycles. The monoisotopic (exact) mass is 354 g/mol. The lowest BCUT2D eigenvalue weighted by atomic mass is 9.77. The minimum Gasteiger partial charge on any atom is -0.379 e. The van der Waals surface area contributed by atoms with Gasteiger partial charge in [0.1, 0.15) is 0 Å². The molecule has 2 heterocycles. The standard InChI is InChI=1S/C20H26N4O2/c1-26-19-11-17-14-23(20(25)21-12-15-6-3-2-4-7-15)13-16(17)10-18(19)24-9-5-8-22-24/h2-9,16-19H,10-14H2,1H3,(H,21,25)/t16-,17+,18-,19-/m0/s1. The lowest BCUT2D eigenvalue weighted by molar-refractivity contribution is -0.00485. The number of ether oxygens (including phenoxy) is 1. The lowest BCUT2D eigenvalue weighted by Gasteiger charge is -2.37. The molecule has 1 N–H and O–H groups in total. The van der Waals surface area contributed by atoms with E-state index in [0.29, 0.717) is 18.4 Å². The van der Waals surface area contributed by atoms with Crippen molar-refractivity contribution >= 4 is 6.03 Å². The van der Waals surface area contributed by atoms with Gasteiger partial charge in [0.05, 0.1) is 12.1 Å². The largest absolute Gasteiger partial charge is 0.379 e. The number of nitrogens with zero attached hydrogens (tertiary/aromatic N) is 3. The number of aromatic nitrogens is 2. The molecule has 1 aliphatic heterocycles. The maximum atomic E-state index is 12.6. The van der Waals surface area contributed by atoms with E-state index < -0.39 is 0 Å². The summed E-state index contributed by atoms with van der Waals surface area (Å²) in [5.74, 6) is 1.02. The molecule has 6 nitrogen and oxygen atoms in total. The van der Waals surface area contributed by atoms with Crippen molar-refractivity contribution in [3.8, 4) is 0 Å². The number of carbonyl (C=O) groups is 1. The fourth-order valence-electron chi connectivity index (χ4n) is 4.45. The number of benzene rings is 1. The van der Waals surface area contributed by atoms with Crippen LogP contribution < -0.4 is 5.32 Å². The zero-order valence-corrected chi connectivity index (χ0v) is 15.1. The number of likely N-dealkylation sites (tertiary alicyclic amines) is 1. The predicted octanol–water partition coefficient (Wildman–Crippen LogP) is 2.69. The van der Waals surface area contributed by atoms with Gasteiger partial charge in [-0.15, -0.1) is 0 Å². The van der Waals surface area contributed by atoms with E-state index in [-0.39, 0.29) is 18.2 Å². The number of hydrogen-bond acceptors (Lipinski definition) is 3. The van der Waals surface area contributed by atoms with Gasteiger partial charge < -0.3 is 15.0 Å². The van der Waals surface area contributed by atoms with Crippen LogP contribution in [0, 0.1) is 11.8 Å². The van der Waals surface area contributed by atoms with Crippen LogP contribution in [0.15, 0.2) is 48.8 Å². The molecule has 1 saturated carbocycles. The van der Waals surface area contributed by atoms with E-state index in [0.717, 1.165) is 31.5 Å². The van der Waals surface area contributed by atoms with Crippen LogP contribution in [0.4, 0.5) is 4.79 Å². The summed E-state index contributed by atoms with van der Waals surface area (Å²) in [6.45, 7) is 2.21. The van der Waals surface area contributed by atoms with Gasteiger partial charge in [0.25, 0.3) is 0 Å². The fraction of sp³-hybridized carbons (Fsp3) is 0.500. The molecule has 138 valence electrons. The number of nitrogens with one attached hydrogen (secondary N) is 1. The molecular formula is C20H26N4O2. The average molecular weight is 354 g/mol. The smallest absolute Gasteiger partial charge is 0.317 e. The molecule has 2 fully saturated rings. The molecule has 4 atom stereocenters. The second-order valence-electron chi connectivity index (χ2n) is 7.37. The van der Waals surface area contributed by atoms with E-state index in [1.165, 1.54) is 0 Å². The molecule has 0 unspecified atom stereocenters. The van der Waals surface area contributed by atoms with Crippen LogP contribution in [-0.4, -0.2) is 47.0 Å². The summed E-state index contributed by atoms with van der Waals surface area (Å²) in [4.78, 5) is 14.6. The van der Waals surface area contributed by atoms with Crippen molar-refractivity contribution in [1.29, 1.82) is 0 Å². The zero-order valence-electron chi connectivity index (χ0n) is 15.1. The number of urea groups is 1. The van der Waals surface area contributed by atoms with Gasteiger partial charge in [0.15, 0.2) is 0 Å². The van der Waals surface area contributed by atoms with Gasteiger partial charge in [-0.3, -0.25) is 4.68 Å². The minimum absolute atomic E-state index is 0.0351. The molecular weight excluding hydrogens is 328 g/mol. The molecule has 2 aliphatic rings. The van der Waals surface area contributed by atoms with Crippen LogP contribution in [0.25, 0.3) is 0 Å². The van der Waals surface area contributed by atoms with Crippen LogP contribution in [0.3, 0.4) is 0 Å². The number of methoxy groups -OCH3 is 1.